The summed E-state index contributed by atoms with van der Waals surface area (Å²) < 4.78 is 1.93. The van der Waals surface area contributed by atoms with E-state index in [9.17, 15) is 5.11 Å². The SMILES string of the molecule is CNc1cn2ccnc2c(NC2CC(O)C2)n1. The van der Waals surface area contributed by atoms with Crippen molar-refractivity contribution in [2.75, 3.05) is 17.7 Å². The Hall–Kier alpha value is -1.82. The Morgan fingerprint density at radius 3 is 3.00 bits per heavy atom. The van der Waals surface area contributed by atoms with Crippen LogP contribution in [0.2, 0.25) is 0 Å². The first-order valence-corrected chi connectivity index (χ1v) is 5.72. The molecule has 2 aromatic heterocycles. The van der Waals surface area contributed by atoms with Gasteiger partial charge in [-0.2, -0.15) is 0 Å². The second kappa shape index (κ2) is 3.89. The smallest absolute Gasteiger partial charge is 0.180 e. The van der Waals surface area contributed by atoms with Crippen molar-refractivity contribution in [2.45, 2.75) is 25.0 Å². The topological polar surface area (TPSA) is 74.5 Å². The van der Waals surface area contributed by atoms with Crippen molar-refractivity contribution in [3.63, 3.8) is 0 Å². The predicted octanol–water partition coefficient (Wildman–Crippen LogP) is 0.706. The van der Waals surface area contributed by atoms with Crippen LogP contribution < -0.4 is 10.6 Å². The lowest BCUT2D eigenvalue weighted by atomic mass is 9.89. The van der Waals surface area contributed by atoms with Crippen molar-refractivity contribution in [3.05, 3.63) is 18.6 Å². The lowest BCUT2D eigenvalue weighted by Gasteiger charge is -2.32. The number of nitrogens with zero attached hydrogens (tertiary/aromatic N) is 3. The molecule has 0 amide bonds. The summed E-state index contributed by atoms with van der Waals surface area (Å²) >= 11 is 0. The minimum Gasteiger partial charge on any atom is -0.393 e. The number of aliphatic hydroxyl groups is 1. The molecule has 1 fully saturated rings. The van der Waals surface area contributed by atoms with Crippen molar-refractivity contribution in [1.82, 2.24) is 14.4 Å². The Morgan fingerprint density at radius 2 is 2.29 bits per heavy atom. The molecule has 2 aromatic rings. The maximum Gasteiger partial charge on any atom is 0.180 e. The molecule has 2 heterocycles. The third-order valence-corrected chi connectivity index (χ3v) is 3.08. The predicted molar refractivity (Wildman–Crippen MR) is 65.2 cm³/mol. The van der Waals surface area contributed by atoms with Crippen molar-refractivity contribution in [2.24, 2.45) is 0 Å². The minimum atomic E-state index is -0.171. The van der Waals surface area contributed by atoms with Crippen LogP contribution in [0, 0.1) is 0 Å². The van der Waals surface area contributed by atoms with E-state index in [1.54, 1.807) is 6.20 Å². The monoisotopic (exact) mass is 233 g/mol. The van der Waals surface area contributed by atoms with Gasteiger partial charge in [-0.15, -0.1) is 0 Å². The van der Waals surface area contributed by atoms with Gasteiger partial charge in [0.2, 0.25) is 0 Å². The summed E-state index contributed by atoms with van der Waals surface area (Å²) in [7, 11) is 1.84. The number of nitrogens with one attached hydrogen (secondary N) is 2. The van der Waals surface area contributed by atoms with Crippen molar-refractivity contribution in [1.29, 1.82) is 0 Å². The van der Waals surface area contributed by atoms with Crippen molar-refractivity contribution < 1.29 is 5.11 Å². The molecule has 6 nitrogen and oxygen atoms in total. The molecule has 0 aliphatic heterocycles. The maximum atomic E-state index is 9.28. The molecule has 6 heteroatoms. The van der Waals surface area contributed by atoms with Gasteiger partial charge >= 0.3 is 0 Å². The molecule has 17 heavy (non-hydrogen) atoms. The fourth-order valence-electron chi connectivity index (χ4n) is 2.05. The van der Waals surface area contributed by atoms with Gasteiger partial charge in [-0.1, -0.05) is 0 Å². The Morgan fingerprint density at radius 1 is 1.47 bits per heavy atom. The molecule has 1 aliphatic carbocycles. The third kappa shape index (κ3) is 1.80. The molecule has 0 bridgehead atoms. The molecular formula is C11H15N5O. The van der Waals surface area contributed by atoms with E-state index in [0.29, 0.717) is 6.04 Å². The Bertz CT molecular complexity index is 532. The highest BCUT2D eigenvalue weighted by Crippen LogP contribution is 2.25. The Kier molecular flexibility index (Phi) is 2.36. The van der Waals surface area contributed by atoms with Gasteiger partial charge < -0.3 is 20.1 Å². The molecule has 0 aromatic carbocycles. The van der Waals surface area contributed by atoms with Gasteiger partial charge in [-0.05, 0) is 12.8 Å². The molecule has 1 aliphatic rings. The summed E-state index contributed by atoms with van der Waals surface area (Å²) in [6.45, 7) is 0. The molecule has 0 unspecified atom stereocenters. The highest BCUT2D eigenvalue weighted by atomic mass is 16.3. The van der Waals surface area contributed by atoms with Crippen molar-refractivity contribution >= 4 is 17.3 Å². The van der Waals surface area contributed by atoms with Gasteiger partial charge in [-0.3, -0.25) is 0 Å². The van der Waals surface area contributed by atoms with E-state index in [0.717, 1.165) is 30.1 Å². The van der Waals surface area contributed by atoms with E-state index in [1.165, 1.54) is 0 Å². The van der Waals surface area contributed by atoms with Crippen LogP contribution in [0.5, 0.6) is 0 Å². The fourth-order valence-corrected chi connectivity index (χ4v) is 2.05. The first kappa shape index (κ1) is 10.3. The average molecular weight is 233 g/mol. The molecular weight excluding hydrogens is 218 g/mol. The standard InChI is InChI=1S/C11H15N5O/c1-12-9-6-16-3-2-13-11(16)10(15-9)14-7-4-8(17)5-7/h2-3,6-8,12,17H,4-5H2,1H3,(H,14,15). The summed E-state index contributed by atoms with van der Waals surface area (Å²) in [5, 5.41) is 15.6. The van der Waals surface area contributed by atoms with Crippen LogP contribution in [-0.2, 0) is 0 Å². The number of hydrogen-bond donors (Lipinski definition) is 3. The minimum absolute atomic E-state index is 0.171. The van der Waals surface area contributed by atoms with Crippen molar-refractivity contribution in [3.8, 4) is 0 Å². The number of aliphatic hydroxyl groups excluding tert-OH is 1. The largest absolute Gasteiger partial charge is 0.393 e. The van der Waals surface area contributed by atoms with Gasteiger partial charge in [0, 0.05) is 25.5 Å². The van der Waals surface area contributed by atoms with Crippen LogP contribution in [-0.4, -0.2) is 38.7 Å². The quantitative estimate of drug-likeness (QED) is 0.728. The molecule has 0 saturated heterocycles. The highest BCUT2D eigenvalue weighted by Gasteiger charge is 2.28. The average Bonchev–Trinajstić information content (AvgIpc) is 2.74. The highest BCUT2D eigenvalue weighted by molar-refractivity contribution is 5.65. The van der Waals surface area contributed by atoms with E-state index >= 15 is 0 Å². The number of imidazole rings is 1. The fraction of sp³-hybridized carbons (Fsp3) is 0.455. The van der Waals surface area contributed by atoms with Crippen LogP contribution in [0.4, 0.5) is 11.6 Å². The first-order chi connectivity index (χ1) is 8.26. The zero-order valence-electron chi connectivity index (χ0n) is 9.59. The summed E-state index contributed by atoms with van der Waals surface area (Å²) in [6, 6.07) is 0.296. The number of anilines is 2. The molecule has 3 rings (SSSR count). The third-order valence-electron chi connectivity index (χ3n) is 3.08. The van der Waals surface area contributed by atoms with E-state index in [4.69, 9.17) is 0 Å². The zero-order chi connectivity index (χ0) is 11.8. The number of aromatic nitrogens is 3. The Balaban J connectivity index is 1.93. The zero-order valence-corrected chi connectivity index (χ0v) is 9.59. The van der Waals surface area contributed by atoms with Gasteiger partial charge in [0.05, 0.1) is 12.3 Å². The molecule has 0 atom stereocenters. The van der Waals surface area contributed by atoms with Gasteiger partial charge in [0.1, 0.15) is 5.82 Å². The van der Waals surface area contributed by atoms with E-state index in [1.807, 2.05) is 23.8 Å². The second-order valence-corrected chi connectivity index (χ2v) is 4.35. The van der Waals surface area contributed by atoms with Gasteiger partial charge in [0.25, 0.3) is 0 Å². The number of fused-ring (bicyclic) bond motifs is 1. The van der Waals surface area contributed by atoms with Crippen LogP contribution in [0.1, 0.15) is 12.8 Å². The summed E-state index contributed by atoms with van der Waals surface area (Å²) in [4.78, 5) is 8.72. The van der Waals surface area contributed by atoms with Crippen LogP contribution >= 0.6 is 0 Å². The summed E-state index contributed by atoms with van der Waals surface area (Å²) in [6.07, 6.45) is 6.91. The molecule has 0 spiro atoms. The van der Waals surface area contributed by atoms with Gasteiger partial charge in [0.15, 0.2) is 11.5 Å². The lowest BCUT2D eigenvalue weighted by molar-refractivity contribution is 0.0836. The van der Waals surface area contributed by atoms with Crippen LogP contribution in [0.15, 0.2) is 18.6 Å². The maximum absolute atomic E-state index is 9.28. The normalized spacial score (nSPS) is 23.4. The molecule has 1 saturated carbocycles. The van der Waals surface area contributed by atoms with E-state index < -0.39 is 0 Å². The second-order valence-electron chi connectivity index (χ2n) is 4.35. The van der Waals surface area contributed by atoms with Gasteiger partial charge in [-0.25, -0.2) is 9.97 Å². The molecule has 0 radical (unpaired) electrons. The van der Waals surface area contributed by atoms with Crippen LogP contribution in [0.25, 0.3) is 5.65 Å². The van der Waals surface area contributed by atoms with E-state index in [-0.39, 0.29) is 6.10 Å². The number of rotatable bonds is 3. The van der Waals surface area contributed by atoms with E-state index in [2.05, 4.69) is 20.6 Å². The Labute approximate surface area is 98.7 Å². The molecule has 90 valence electrons. The summed E-state index contributed by atoms with van der Waals surface area (Å²) in [5.74, 6) is 1.55. The number of hydrogen-bond acceptors (Lipinski definition) is 5. The van der Waals surface area contributed by atoms with Crippen LogP contribution in [0.3, 0.4) is 0 Å². The molecule has 3 N–H and O–H groups in total. The first-order valence-electron chi connectivity index (χ1n) is 5.72. The summed E-state index contributed by atoms with van der Waals surface area (Å²) in [5.41, 5.74) is 0.811. The lowest BCUT2D eigenvalue weighted by Crippen LogP contribution is -2.39.